The molecule has 2 fully saturated rings. The van der Waals surface area contributed by atoms with Gasteiger partial charge in [-0.05, 0) is 12.8 Å². The lowest BCUT2D eigenvalue weighted by Crippen LogP contribution is -2.33. The third-order valence-corrected chi connectivity index (χ3v) is 10.8. The van der Waals surface area contributed by atoms with Gasteiger partial charge in [0.1, 0.15) is 18.7 Å². The van der Waals surface area contributed by atoms with Gasteiger partial charge in [0.05, 0.1) is 9.81 Å². The molecule has 2 saturated heterocycles. The van der Waals surface area contributed by atoms with E-state index in [1.807, 2.05) is 0 Å². The molecular formula is C24H28N8O4S6. The van der Waals surface area contributed by atoms with Crippen LogP contribution in [0.2, 0.25) is 0 Å². The van der Waals surface area contributed by atoms with Crippen molar-refractivity contribution in [2.45, 2.75) is 65.2 Å². The van der Waals surface area contributed by atoms with Crippen LogP contribution in [0.4, 0.5) is 10.3 Å². The Kier molecular flexibility index (Phi) is 11.9. The number of unbranched alkanes of at least 4 members (excludes halogenated alkanes) is 2. The van der Waals surface area contributed by atoms with Crippen LogP contribution in [0.5, 0.6) is 0 Å². The third kappa shape index (κ3) is 8.37. The number of carbonyl (C=O) groups is 4. The number of nitrogens with zero attached hydrogens (tertiary/aromatic N) is 6. The molecular weight excluding hydrogens is 657 g/mol. The van der Waals surface area contributed by atoms with E-state index in [0.717, 1.165) is 72.1 Å². The van der Waals surface area contributed by atoms with E-state index in [9.17, 15) is 19.2 Å². The number of thioether (sulfide) groups is 2. The van der Waals surface area contributed by atoms with Gasteiger partial charge in [-0.1, -0.05) is 97.3 Å². The molecule has 0 unspecified atom stereocenters. The smallest absolute Gasteiger partial charge is 0.267 e. The molecule has 2 N–H and O–H groups in total. The summed E-state index contributed by atoms with van der Waals surface area (Å²) in [6.45, 7) is 4.28. The zero-order chi connectivity index (χ0) is 30.2. The van der Waals surface area contributed by atoms with Gasteiger partial charge in [-0.2, -0.15) is 0 Å². The Morgan fingerprint density at radius 2 is 1.12 bits per heavy atom. The zero-order valence-corrected chi connectivity index (χ0v) is 27.7. The SMILES string of the molecule is CCCCc1nnc(NC(=O)CCN2C(=O)C(=C3SC(=S)N(CCC(=O)Nc4nnc(CCCC)s4)C3=O)SC2=S)s1. The summed E-state index contributed by atoms with van der Waals surface area (Å²) >= 11 is 15.4. The minimum Gasteiger partial charge on any atom is -0.300 e. The number of hydrogen-bond acceptors (Lipinski definition) is 14. The topological polar surface area (TPSA) is 150 Å². The number of carbonyl (C=O) groups excluding carboxylic acids is 4. The molecule has 0 atom stereocenters. The summed E-state index contributed by atoms with van der Waals surface area (Å²) in [7, 11) is 0. The average Bonchev–Trinajstić information content (AvgIpc) is 3.72. The molecule has 0 radical (unpaired) electrons. The summed E-state index contributed by atoms with van der Waals surface area (Å²) in [5, 5.41) is 24.1. The Bertz CT molecular complexity index is 1320. The van der Waals surface area contributed by atoms with E-state index >= 15 is 0 Å². The van der Waals surface area contributed by atoms with E-state index in [0.29, 0.717) is 10.3 Å². The number of aryl methyl sites for hydroxylation is 2. The summed E-state index contributed by atoms with van der Waals surface area (Å²) in [4.78, 5) is 54.2. The van der Waals surface area contributed by atoms with Crippen molar-refractivity contribution in [3.8, 4) is 0 Å². The molecule has 2 aromatic heterocycles. The molecule has 0 bridgehead atoms. The molecule has 12 nitrogen and oxygen atoms in total. The highest BCUT2D eigenvalue weighted by Crippen LogP contribution is 2.42. The Morgan fingerprint density at radius 3 is 1.50 bits per heavy atom. The van der Waals surface area contributed by atoms with Gasteiger partial charge < -0.3 is 10.6 Å². The summed E-state index contributed by atoms with van der Waals surface area (Å²) in [6.07, 6.45) is 5.68. The van der Waals surface area contributed by atoms with Crippen molar-refractivity contribution in [3.05, 3.63) is 19.8 Å². The van der Waals surface area contributed by atoms with Crippen LogP contribution in [-0.4, -0.2) is 75.6 Å². The molecule has 4 amide bonds. The number of rotatable bonds is 14. The first-order valence-electron chi connectivity index (χ1n) is 13.3. The monoisotopic (exact) mass is 684 g/mol. The van der Waals surface area contributed by atoms with Crippen molar-refractivity contribution in [1.82, 2.24) is 30.2 Å². The van der Waals surface area contributed by atoms with Crippen LogP contribution in [0.3, 0.4) is 0 Å². The van der Waals surface area contributed by atoms with Gasteiger partial charge in [-0.15, -0.1) is 20.4 Å². The number of thiocarbonyl (C=S) groups is 2. The van der Waals surface area contributed by atoms with Crippen molar-refractivity contribution < 1.29 is 19.2 Å². The third-order valence-electron chi connectivity index (χ3n) is 5.94. The van der Waals surface area contributed by atoms with Gasteiger partial charge in [0.2, 0.25) is 22.1 Å². The Hall–Kier alpha value is -2.38. The van der Waals surface area contributed by atoms with Crippen LogP contribution in [0.15, 0.2) is 9.81 Å². The fraction of sp³-hybridized carbons (Fsp3) is 0.500. The lowest BCUT2D eigenvalue weighted by molar-refractivity contribution is -0.125. The number of aromatic nitrogens is 4. The molecule has 0 aliphatic carbocycles. The summed E-state index contributed by atoms with van der Waals surface area (Å²) < 4.78 is 0.501. The van der Waals surface area contributed by atoms with E-state index in [2.05, 4.69) is 44.9 Å². The summed E-state index contributed by atoms with van der Waals surface area (Å²) in [6, 6.07) is 0. The predicted octanol–water partition coefficient (Wildman–Crippen LogP) is 4.36. The van der Waals surface area contributed by atoms with Gasteiger partial charge in [-0.3, -0.25) is 29.0 Å². The highest BCUT2D eigenvalue weighted by molar-refractivity contribution is 8.29. The van der Waals surface area contributed by atoms with E-state index in [4.69, 9.17) is 24.4 Å². The molecule has 0 spiro atoms. The highest BCUT2D eigenvalue weighted by atomic mass is 32.2. The normalized spacial score (nSPS) is 17.1. The second kappa shape index (κ2) is 15.4. The Labute approximate surface area is 269 Å². The van der Waals surface area contributed by atoms with Gasteiger partial charge in [0, 0.05) is 38.8 Å². The maximum Gasteiger partial charge on any atom is 0.267 e. The van der Waals surface area contributed by atoms with E-state index in [1.165, 1.54) is 32.5 Å². The largest absolute Gasteiger partial charge is 0.300 e. The first kappa shape index (κ1) is 32.5. The van der Waals surface area contributed by atoms with Gasteiger partial charge in [0.25, 0.3) is 11.8 Å². The number of nitrogens with one attached hydrogen (secondary N) is 2. The Morgan fingerprint density at radius 1 is 0.714 bits per heavy atom. The van der Waals surface area contributed by atoms with Crippen molar-refractivity contribution in [1.29, 1.82) is 0 Å². The van der Waals surface area contributed by atoms with Crippen LogP contribution in [0, 0.1) is 0 Å². The number of hydrogen-bond donors (Lipinski definition) is 2. The molecule has 0 aromatic carbocycles. The molecule has 4 rings (SSSR count). The Balaban J connectivity index is 1.29. The lowest BCUT2D eigenvalue weighted by atomic mass is 10.3. The first-order valence-corrected chi connectivity index (χ1v) is 17.3. The van der Waals surface area contributed by atoms with Crippen molar-refractivity contribution in [2.24, 2.45) is 0 Å². The van der Waals surface area contributed by atoms with Crippen molar-refractivity contribution in [3.63, 3.8) is 0 Å². The van der Waals surface area contributed by atoms with E-state index in [1.54, 1.807) is 0 Å². The molecule has 4 heterocycles. The van der Waals surface area contributed by atoms with Gasteiger partial charge in [-0.25, -0.2) is 0 Å². The fourth-order valence-electron chi connectivity index (χ4n) is 3.71. The highest BCUT2D eigenvalue weighted by Gasteiger charge is 2.42. The number of anilines is 2. The van der Waals surface area contributed by atoms with E-state index in [-0.39, 0.29) is 56.2 Å². The standard InChI is InChI=1S/C24H28N8O4S6/c1-3-5-7-15-27-29-21(39-15)25-13(33)9-11-31-19(35)17(41-23(31)37)18-20(36)32(24(38)42-18)12-10-14(34)26-22-30-28-16(40-22)8-6-4-2/h3-12H2,1-2H3,(H,25,29,33)(H,26,30,34). The maximum atomic E-state index is 13.2. The van der Waals surface area contributed by atoms with Crippen LogP contribution in [-0.2, 0) is 32.0 Å². The van der Waals surface area contributed by atoms with Crippen molar-refractivity contribution >= 4 is 113 Å². The van der Waals surface area contributed by atoms with Gasteiger partial charge >= 0.3 is 0 Å². The predicted molar refractivity (Wildman–Crippen MR) is 174 cm³/mol. The quantitative estimate of drug-likeness (QED) is 0.215. The lowest BCUT2D eigenvalue weighted by Gasteiger charge is -2.14. The molecule has 18 heteroatoms. The minimum atomic E-state index is -0.455. The molecule has 2 aliphatic heterocycles. The zero-order valence-electron chi connectivity index (χ0n) is 22.8. The first-order chi connectivity index (χ1) is 20.2. The molecule has 2 aromatic rings. The average molecular weight is 685 g/mol. The summed E-state index contributed by atoms with van der Waals surface area (Å²) in [5.41, 5.74) is 0. The second-order valence-corrected chi connectivity index (χ2v) is 14.5. The number of amides is 4. The van der Waals surface area contributed by atoms with Crippen molar-refractivity contribution in [2.75, 3.05) is 23.7 Å². The maximum absolute atomic E-state index is 13.2. The molecule has 224 valence electrons. The minimum absolute atomic E-state index is 0.00558. The fourth-order valence-corrected chi connectivity index (χ4v) is 8.08. The van der Waals surface area contributed by atoms with Gasteiger partial charge in [0.15, 0.2) is 0 Å². The van der Waals surface area contributed by atoms with Crippen LogP contribution in [0.1, 0.15) is 62.4 Å². The molecule has 42 heavy (non-hydrogen) atoms. The molecule has 2 aliphatic rings. The molecule has 0 saturated carbocycles. The van der Waals surface area contributed by atoms with Crippen LogP contribution < -0.4 is 10.6 Å². The second-order valence-electron chi connectivity index (χ2n) is 9.11. The van der Waals surface area contributed by atoms with Crippen LogP contribution in [0.25, 0.3) is 0 Å². The van der Waals surface area contributed by atoms with E-state index < -0.39 is 11.8 Å². The van der Waals surface area contributed by atoms with Crippen LogP contribution >= 0.6 is 70.6 Å². The summed E-state index contributed by atoms with van der Waals surface area (Å²) in [5.74, 6) is -1.55.